The Morgan fingerprint density at radius 2 is 1.89 bits per heavy atom. The first-order valence-corrected chi connectivity index (χ1v) is 10.3. The van der Waals surface area contributed by atoms with Crippen molar-refractivity contribution in [3.8, 4) is 5.75 Å². The van der Waals surface area contributed by atoms with E-state index in [1.807, 2.05) is 19.1 Å². The number of nitrogens with zero attached hydrogens (tertiary/aromatic N) is 1. The molecule has 0 aliphatic carbocycles. The van der Waals surface area contributed by atoms with Gasteiger partial charge < -0.3 is 15.0 Å². The lowest BCUT2D eigenvalue weighted by molar-refractivity contribution is -0.122. The van der Waals surface area contributed by atoms with Crippen molar-refractivity contribution < 1.29 is 22.7 Å². The van der Waals surface area contributed by atoms with Crippen molar-refractivity contribution in [1.29, 1.82) is 0 Å². The number of hydrogen-bond donors (Lipinski definition) is 2. The van der Waals surface area contributed by atoms with Crippen molar-refractivity contribution in [1.82, 2.24) is 0 Å². The summed E-state index contributed by atoms with van der Waals surface area (Å²) in [6, 6.07) is 12.7. The molecule has 9 heteroatoms. The predicted octanol–water partition coefficient (Wildman–Crippen LogP) is 1.72. The molecule has 3 rings (SSSR count). The van der Waals surface area contributed by atoms with E-state index in [4.69, 9.17) is 9.88 Å². The van der Waals surface area contributed by atoms with Crippen LogP contribution in [0.15, 0.2) is 53.4 Å². The van der Waals surface area contributed by atoms with Crippen LogP contribution < -0.4 is 20.1 Å². The van der Waals surface area contributed by atoms with Gasteiger partial charge in [0.05, 0.1) is 23.1 Å². The fourth-order valence-corrected chi connectivity index (χ4v) is 3.56. The largest absolute Gasteiger partial charge is 0.492 e. The van der Waals surface area contributed by atoms with E-state index >= 15 is 0 Å². The van der Waals surface area contributed by atoms with Gasteiger partial charge in [-0.3, -0.25) is 9.59 Å². The molecule has 1 atom stereocenters. The lowest BCUT2D eigenvalue weighted by atomic mass is 10.1. The molecule has 0 aromatic heterocycles. The summed E-state index contributed by atoms with van der Waals surface area (Å²) in [4.78, 5) is 26.5. The number of nitrogens with two attached hydrogens (primary N) is 1. The molecule has 0 unspecified atom stereocenters. The molecule has 2 amide bonds. The van der Waals surface area contributed by atoms with E-state index in [1.54, 1.807) is 17.0 Å². The van der Waals surface area contributed by atoms with Gasteiger partial charge in [-0.1, -0.05) is 12.1 Å². The number of anilines is 2. The Morgan fingerprint density at radius 1 is 1.21 bits per heavy atom. The number of rotatable bonds is 6. The minimum Gasteiger partial charge on any atom is -0.492 e. The van der Waals surface area contributed by atoms with Crippen LogP contribution in [-0.4, -0.2) is 33.4 Å². The van der Waals surface area contributed by atoms with Crippen molar-refractivity contribution in [3.63, 3.8) is 0 Å². The van der Waals surface area contributed by atoms with E-state index in [2.05, 4.69) is 5.32 Å². The van der Waals surface area contributed by atoms with Gasteiger partial charge in [0.2, 0.25) is 21.8 Å². The average Bonchev–Trinajstić information content (AvgIpc) is 3.04. The van der Waals surface area contributed by atoms with Gasteiger partial charge in [0.1, 0.15) is 5.75 Å². The molecule has 1 saturated heterocycles. The number of para-hydroxylation sites is 2. The fraction of sp³-hybridized carbons (Fsp3) is 0.263. The smallest absolute Gasteiger partial charge is 0.238 e. The van der Waals surface area contributed by atoms with E-state index in [0.29, 0.717) is 23.7 Å². The van der Waals surface area contributed by atoms with E-state index < -0.39 is 15.9 Å². The quantitative estimate of drug-likeness (QED) is 0.761. The molecule has 3 N–H and O–H groups in total. The third kappa shape index (κ3) is 4.32. The zero-order valence-corrected chi connectivity index (χ0v) is 16.1. The summed E-state index contributed by atoms with van der Waals surface area (Å²) in [6.45, 7) is 2.57. The highest BCUT2D eigenvalue weighted by Gasteiger charge is 2.36. The molecular formula is C19H21N3O5S. The predicted molar refractivity (Wildman–Crippen MR) is 105 cm³/mol. The second-order valence-electron chi connectivity index (χ2n) is 6.36. The van der Waals surface area contributed by atoms with E-state index in [9.17, 15) is 18.0 Å². The molecule has 1 fully saturated rings. The van der Waals surface area contributed by atoms with Crippen LogP contribution in [0.25, 0.3) is 0 Å². The number of sulfonamides is 1. The first kappa shape index (κ1) is 19.8. The lowest BCUT2D eigenvalue weighted by Crippen LogP contribution is -2.28. The van der Waals surface area contributed by atoms with Gasteiger partial charge >= 0.3 is 0 Å². The number of benzene rings is 2. The van der Waals surface area contributed by atoms with Crippen molar-refractivity contribution in [2.24, 2.45) is 11.1 Å². The molecule has 148 valence electrons. The van der Waals surface area contributed by atoms with Gasteiger partial charge in [0, 0.05) is 18.7 Å². The van der Waals surface area contributed by atoms with Crippen LogP contribution in [0, 0.1) is 5.92 Å². The normalized spacial score (nSPS) is 16.9. The Kier molecular flexibility index (Phi) is 5.66. The average molecular weight is 403 g/mol. The highest BCUT2D eigenvalue weighted by atomic mass is 32.2. The van der Waals surface area contributed by atoms with Crippen LogP contribution in [0.1, 0.15) is 13.3 Å². The number of ether oxygens (including phenoxy) is 1. The number of amides is 2. The molecule has 0 bridgehead atoms. The van der Waals surface area contributed by atoms with Crippen molar-refractivity contribution in [2.45, 2.75) is 18.2 Å². The molecule has 1 aliphatic rings. The van der Waals surface area contributed by atoms with E-state index in [-0.39, 0.29) is 29.7 Å². The molecule has 0 spiro atoms. The number of nitrogens with one attached hydrogen (secondary N) is 1. The van der Waals surface area contributed by atoms with Gasteiger partial charge in [-0.05, 0) is 43.3 Å². The Hall–Kier alpha value is -2.91. The van der Waals surface area contributed by atoms with Crippen LogP contribution in [0.3, 0.4) is 0 Å². The van der Waals surface area contributed by atoms with Gasteiger partial charge in [-0.15, -0.1) is 0 Å². The molecule has 8 nitrogen and oxygen atoms in total. The summed E-state index contributed by atoms with van der Waals surface area (Å²) in [6.07, 6.45) is 0.0849. The zero-order chi connectivity index (χ0) is 20.3. The van der Waals surface area contributed by atoms with Crippen LogP contribution in [0.4, 0.5) is 11.4 Å². The van der Waals surface area contributed by atoms with Crippen molar-refractivity contribution in [2.75, 3.05) is 23.4 Å². The Morgan fingerprint density at radius 3 is 2.54 bits per heavy atom. The minimum atomic E-state index is -3.79. The molecule has 2 aromatic carbocycles. The minimum absolute atomic E-state index is 0.0414. The Bertz CT molecular complexity index is 989. The fourth-order valence-electron chi connectivity index (χ4n) is 3.05. The third-order valence-corrected chi connectivity index (χ3v) is 5.33. The first-order valence-electron chi connectivity index (χ1n) is 8.75. The summed E-state index contributed by atoms with van der Waals surface area (Å²) in [7, 11) is -3.79. The van der Waals surface area contributed by atoms with Crippen LogP contribution in [0.2, 0.25) is 0 Å². The van der Waals surface area contributed by atoms with Gasteiger partial charge in [0.25, 0.3) is 0 Å². The van der Waals surface area contributed by atoms with Crippen LogP contribution in [-0.2, 0) is 19.6 Å². The van der Waals surface area contributed by atoms with Gasteiger partial charge in [-0.2, -0.15) is 0 Å². The molecule has 0 saturated carbocycles. The highest BCUT2D eigenvalue weighted by Crippen LogP contribution is 2.33. The molecular weight excluding hydrogens is 382 g/mol. The van der Waals surface area contributed by atoms with E-state index in [1.165, 1.54) is 24.3 Å². The number of primary sulfonamides is 1. The number of carbonyl (C=O) groups excluding carboxylic acids is 2. The van der Waals surface area contributed by atoms with Gasteiger partial charge in [-0.25, -0.2) is 13.6 Å². The van der Waals surface area contributed by atoms with Crippen LogP contribution >= 0.6 is 0 Å². The highest BCUT2D eigenvalue weighted by molar-refractivity contribution is 7.89. The zero-order valence-electron chi connectivity index (χ0n) is 15.3. The second-order valence-corrected chi connectivity index (χ2v) is 7.93. The summed E-state index contributed by atoms with van der Waals surface area (Å²) < 4.78 is 28.2. The van der Waals surface area contributed by atoms with Crippen molar-refractivity contribution >= 4 is 33.2 Å². The second kappa shape index (κ2) is 7.99. The topological polar surface area (TPSA) is 119 Å². The molecule has 2 aromatic rings. The molecule has 1 heterocycles. The SMILES string of the molecule is CCOc1ccccc1N1C[C@@H](C(=O)Nc2ccc(S(N)(=O)=O)cc2)CC1=O. The van der Waals surface area contributed by atoms with E-state index in [0.717, 1.165) is 0 Å². The molecule has 1 aliphatic heterocycles. The Labute approximate surface area is 163 Å². The summed E-state index contributed by atoms with van der Waals surface area (Å²) in [5, 5.41) is 7.77. The Balaban J connectivity index is 1.70. The van der Waals surface area contributed by atoms with Gasteiger partial charge in [0.15, 0.2) is 0 Å². The first-order chi connectivity index (χ1) is 13.3. The van der Waals surface area contributed by atoms with Crippen LogP contribution in [0.5, 0.6) is 5.75 Å². The third-order valence-electron chi connectivity index (χ3n) is 4.40. The number of carbonyl (C=O) groups is 2. The molecule has 28 heavy (non-hydrogen) atoms. The standard InChI is InChI=1S/C19H21N3O5S/c1-2-27-17-6-4-3-5-16(17)22-12-13(11-18(22)23)19(24)21-14-7-9-15(10-8-14)28(20,25)26/h3-10,13H,2,11-12H2,1H3,(H,21,24)(H2,20,25,26)/t13-/m0/s1. The molecule has 0 radical (unpaired) electrons. The van der Waals surface area contributed by atoms with Crippen molar-refractivity contribution in [3.05, 3.63) is 48.5 Å². The number of hydrogen-bond acceptors (Lipinski definition) is 5. The maximum Gasteiger partial charge on any atom is 0.238 e. The maximum absolute atomic E-state index is 12.6. The summed E-state index contributed by atoms with van der Waals surface area (Å²) in [5.41, 5.74) is 1.07. The lowest BCUT2D eigenvalue weighted by Gasteiger charge is -2.20. The summed E-state index contributed by atoms with van der Waals surface area (Å²) >= 11 is 0. The summed E-state index contributed by atoms with van der Waals surface area (Å²) in [5.74, 6) is -0.400. The maximum atomic E-state index is 12.6. The monoisotopic (exact) mass is 403 g/mol.